The Hall–Kier alpha value is -1.62. The summed E-state index contributed by atoms with van der Waals surface area (Å²) >= 11 is 0. The lowest BCUT2D eigenvalue weighted by molar-refractivity contribution is 0.0686. The van der Waals surface area contributed by atoms with Crippen LogP contribution in [0.25, 0.3) is 0 Å². The number of carboxylic acid groups (broad SMARTS) is 1. The van der Waals surface area contributed by atoms with Gasteiger partial charge in [-0.3, -0.25) is 0 Å². The van der Waals surface area contributed by atoms with Crippen LogP contribution < -0.4 is 4.74 Å². The standard InChI is InChI=1S/C18H29NO4/c1-3-4-5-6-7-8-9-10-11-23-14-15-12-16(22-2)17(18(20)21)19-13-15/h12-13H,3-11,14H2,1-2H3,(H,20,21). The van der Waals surface area contributed by atoms with Gasteiger partial charge in [0.2, 0.25) is 0 Å². The number of hydrogen-bond acceptors (Lipinski definition) is 4. The van der Waals surface area contributed by atoms with Crippen molar-refractivity contribution in [1.82, 2.24) is 4.98 Å². The van der Waals surface area contributed by atoms with Gasteiger partial charge in [-0.25, -0.2) is 9.78 Å². The van der Waals surface area contributed by atoms with Crippen LogP contribution in [0.3, 0.4) is 0 Å². The molecule has 130 valence electrons. The van der Waals surface area contributed by atoms with Gasteiger partial charge >= 0.3 is 5.97 Å². The maximum atomic E-state index is 11.0. The molecule has 0 atom stereocenters. The van der Waals surface area contributed by atoms with Gasteiger partial charge in [0.15, 0.2) is 11.4 Å². The van der Waals surface area contributed by atoms with E-state index in [1.807, 2.05) is 0 Å². The first-order valence-corrected chi connectivity index (χ1v) is 8.53. The molecular weight excluding hydrogens is 294 g/mol. The van der Waals surface area contributed by atoms with E-state index in [9.17, 15) is 4.79 Å². The predicted molar refractivity (Wildman–Crippen MR) is 90.0 cm³/mol. The molecule has 5 nitrogen and oxygen atoms in total. The number of unbranched alkanes of at least 4 members (excludes halogenated alkanes) is 7. The van der Waals surface area contributed by atoms with Gasteiger partial charge in [-0.05, 0) is 18.1 Å². The average molecular weight is 323 g/mol. The molecule has 1 aromatic rings. The van der Waals surface area contributed by atoms with Gasteiger partial charge in [-0.1, -0.05) is 51.9 Å². The van der Waals surface area contributed by atoms with E-state index in [1.165, 1.54) is 58.3 Å². The number of rotatable bonds is 13. The minimum Gasteiger partial charge on any atom is -0.494 e. The molecule has 0 aliphatic rings. The minimum absolute atomic E-state index is 0.0701. The third-order valence-corrected chi connectivity index (χ3v) is 3.74. The van der Waals surface area contributed by atoms with Crippen molar-refractivity contribution in [2.45, 2.75) is 64.9 Å². The van der Waals surface area contributed by atoms with Crippen molar-refractivity contribution in [2.75, 3.05) is 13.7 Å². The van der Waals surface area contributed by atoms with Gasteiger partial charge in [0.05, 0.1) is 13.7 Å². The van der Waals surface area contributed by atoms with Crippen LogP contribution in [0.2, 0.25) is 0 Å². The third kappa shape index (κ3) is 7.98. The summed E-state index contributed by atoms with van der Waals surface area (Å²) in [5, 5.41) is 8.98. The van der Waals surface area contributed by atoms with Crippen molar-refractivity contribution in [2.24, 2.45) is 0 Å². The Morgan fingerprint density at radius 3 is 2.39 bits per heavy atom. The van der Waals surface area contributed by atoms with E-state index in [2.05, 4.69) is 11.9 Å². The van der Waals surface area contributed by atoms with Crippen LogP contribution in [0.5, 0.6) is 5.75 Å². The van der Waals surface area contributed by atoms with Crippen molar-refractivity contribution in [3.05, 3.63) is 23.5 Å². The van der Waals surface area contributed by atoms with Gasteiger partial charge in [-0.2, -0.15) is 0 Å². The van der Waals surface area contributed by atoms with Crippen molar-refractivity contribution in [3.8, 4) is 5.75 Å². The van der Waals surface area contributed by atoms with E-state index in [0.29, 0.717) is 6.61 Å². The highest BCUT2D eigenvalue weighted by Crippen LogP contribution is 2.18. The predicted octanol–water partition coefficient (Wildman–Crippen LogP) is 4.45. The number of aromatic carboxylic acids is 1. The summed E-state index contributed by atoms with van der Waals surface area (Å²) in [7, 11) is 1.44. The lowest BCUT2D eigenvalue weighted by Crippen LogP contribution is -2.05. The fourth-order valence-electron chi connectivity index (χ4n) is 2.41. The lowest BCUT2D eigenvalue weighted by atomic mass is 10.1. The van der Waals surface area contributed by atoms with Crippen molar-refractivity contribution in [3.63, 3.8) is 0 Å². The normalized spacial score (nSPS) is 10.7. The van der Waals surface area contributed by atoms with Crippen LogP contribution in [0.15, 0.2) is 12.3 Å². The molecule has 0 aromatic carbocycles. The zero-order valence-corrected chi connectivity index (χ0v) is 14.3. The molecule has 0 aliphatic heterocycles. The summed E-state index contributed by atoms with van der Waals surface area (Å²) in [6, 6.07) is 1.67. The molecule has 23 heavy (non-hydrogen) atoms. The first-order valence-electron chi connectivity index (χ1n) is 8.53. The molecule has 0 bridgehead atoms. The van der Waals surface area contributed by atoms with Crippen LogP contribution >= 0.6 is 0 Å². The molecule has 0 radical (unpaired) electrons. The Morgan fingerprint density at radius 2 is 1.78 bits per heavy atom. The second-order valence-electron chi connectivity index (χ2n) is 5.73. The molecule has 1 rings (SSSR count). The zero-order chi connectivity index (χ0) is 16.9. The molecule has 5 heteroatoms. The van der Waals surface area contributed by atoms with Crippen LogP contribution in [-0.4, -0.2) is 29.8 Å². The lowest BCUT2D eigenvalue weighted by Gasteiger charge is -2.08. The molecule has 0 unspecified atom stereocenters. The Kier molecular flexibility index (Phi) is 10.0. The Morgan fingerprint density at radius 1 is 1.13 bits per heavy atom. The summed E-state index contributed by atoms with van der Waals surface area (Å²) in [6.45, 7) is 3.38. The smallest absolute Gasteiger partial charge is 0.358 e. The summed E-state index contributed by atoms with van der Waals surface area (Å²) < 4.78 is 10.7. The van der Waals surface area contributed by atoms with Crippen LogP contribution in [0.1, 0.15) is 74.3 Å². The number of methoxy groups -OCH3 is 1. The fourth-order valence-corrected chi connectivity index (χ4v) is 2.41. The first kappa shape index (κ1) is 19.4. The van der Waals surface area contributed by atoms with E-state index >= 15 is 0 Å². The van der Waals surface area contributed by atoms with Crippen LogP contribution in [-0.2, 0) is 11.3 Å². The van der Waals surface area contributed by atoms with Gasteiger partial charge in [0, 0.05) is 12.8 Å². The van der Waals surface area contributed by atoms with E-state index in [4.69, 9.17) is 14.6 Å². The second kappa shape index (κ2) is 11.9. The number of nitrogens with zero attached hydrogens (tertiary/aromatic N) is 1. The molecule has 0 saturated heterocycles. The Labute approximate surface area is 139 Å². The maximum Gasteiger partial charge on any atom is 0.358 e. The fraction of sp³-hybridized carbons (Fsp3) is 0.667. The van der Waals surface area contributed by atoms with Gasteiger partial charge < -0.3 is 14.6 Å². The second-order valence-corrected chi connectivity index (χ2v) is 5.73. The minimum atomic E-state index is -1.09. The summed E-state index contributed by atoms with van der Waals surface area (Å²) in [4.78, 5) is 14.9. The Balaban J connectivity index is 2.15. The van der Waals surface area contributed by atoms with Crippen LogP contribution in [0, 0.1) is 0 Å². The number of ether oxygens (including phenoxy) is 2. The zero-order valence-electron chi connectivity index (χ0n) is 14.3. The third-order valence-electron chi connectivity index (χ3n) is 3.74. The molecule has 0 spiro atoms. The summed E-state index contributed by atoms with van der Waals surface area (Å²) in [5.41, 5.74) is 0.755. The molecular formula is C18H29NO4. The molecule has 0 aliphatic carbocycles. The summed E-state index contributed by atoms with van der Waals surface area (Å²) in [6.07, 6.45) is 11.7. The van der Waals surface area contributed by atoms with E-state index in [1.54, 1.807) is 6.07 Å². The number of pyridine rings is 1. The van der Waals surface area contributed by atoms with E-state index < -0.39 is 5.97 Å². The van der Waals surface area contributed by atoms with Gasteiger partial charge in [0.1, 0.15) is 0 Å². The van der Waals surface area contributed by atoms with Crippen molar-refractivity contribution in [1.29, 1.82) is 0 Å². The van der Waals surface area contributed by atoms with E-state index in [0.717, 1.165) is 18.6 Å². The van der Waals surface area contributed by atoms with Gasteiger partial charge in [0.25, 0.3) is 0 Å². The highest BCUT2D eigenvalue weighted by molar-refractivity contribution is 5.88. The maximum absolute atomic E-state index is 11.0. The Bertz CT molecular complexity index is 462. The number of carboxylic acids is 1. The number of carbonyl (C=O) groups is 1. The van der Waals surface area contributed by atoms with Crippen molar-refractivity contribution < 1.29 is 19.4 Å². The number of hydrogen-bond donors (Lipinski definition) is 1. The topological polar surface area (TPSA) is 68.7 Å². The monoisotopic (exact) mass is 323 g/mol. The molecule has 1 aromatic heterocycles. The summed E-state index contributed by atoms with van der Waals surface area (Å²) in [5.74, 6) is -0.820. The average Bonchev–Trinajstić information content (AvgIpc) is 2.56. The molecule has 1 heterocycles. The number of aromatic nitrogens is 1. The van der Waals surface area contributed by atoms with Gasteiger partial charge in [-0.15, -0.1) is 0 Å². The van der Waals surface area contributed by atoms with Crippen LogP contribution in [0.4, 0.5) is 0 Å². The highest BCUT2D eigenvalue weighted by Gasteiger charge is 2.13. The molecule has 1 N–H and O–H groups in total. The van der Waals surface area contributed by atoms with Crippen molar-refractivity contribution >= 4 is 5.97 Å². The quantitative estimate of drug-likeness (QED) is 0.543. The highest BCUT2D eigenvalue weighted by atomic mass is 16.5. The largest absolute Gasteiger partial charge is 0.494 e. The molecule has 0 amide bonds. The SMILES string of the molecule is CCCCCCCCCCOCc1cnc(C(=O)O)c(OC)c1. The molecule has 0 fully saturated rings. The molecule has 0 saturated carbocycles. The van der Waals surface area contributed by atoms with E-state index in [-0.39, 0.29) is 11.4 Å². The first-order chi connectivity index (χ1) is 11.2.